The zero-order valence-electron chi connectivity index (χ0n) is 23.9. The number of furan rings is 1. The Balaban J connectivity index is 1.29. The molecule has 0 aliphatic heterocycles. The summed E-state index contributed by atoms with van der Waals surface area (Å²) in [6.45, 7) is 0. The molecule has 0 radical (unpaired) electrons. The molecule has 0 bridgehead atoms. The van der Waals surface area contributed by atoms with Crippen molar-refractivity contribution in [1.82, 2.24) is 0 Å². The molecule has 1 heterocycles. The van der Waals surface area contributed by atoms with Gasteiger partial charge in [-0.2, -0.15) is 0 Å². The Morgan fingerprint density at radius 3 is 1.77 bits per heavy atom. The van der Waals surface area contributed by atoms with E-state index in [1.54, 1.807) is 0 Å². The third kappa shape index (κ3) is 3.82. The lowest BCUT2D eigenvalue weighted by Gasteiger charge is -2.27. The van der Waals surface area contributed by atoms with Gasteiger partial charge < -0.3 is 9.32 Å². The summed E-state index contributed by atoms with van der Waals surface area (Å²) < 4.78 is 6.43. The second-order valence-corrected chi connectivity index (χ2v) is 11.3. The van der Waals surface area contributed by atoms with Crippen molar-refractivity contribution in [1.29, 1.82) is 0 Å². The molecule has 2 heteroatoms. The van der Waals surface area contributed by atoms with E-state index in [1.807, 2.05) is 0 Å². The maximum absolute atomic E-state index is 6.43. The molecular formula is C42H27NO. The molecule has 0 aliphatic carbocycles. The van der Waals surface area contributed by atoms with Crippen molar-refractivity contribution < 1.29 is 4.42 Å². The van der Waals surface area contributed by atoms with Gasteiger partial charge in [0.15, 0.2) is 0 Å². The predicted molar refractivity (Wildman–Crippen MR) is 186 cm³/mol. The number of benzene rings is 8. The molecular weight excluding hydrogens is 534 g/mol. The molecule has 9 aromatic rings. The van der Waals surface area contributed by atoms with Gasteiger partial charge in [0, 0.05) is 32.9 Å². The molecule has 1 aromatic heterocycles. The minimum atomic E-state index is 0.907. The van der Waals surface area contributed by atoms with Crippen molar-refractivity contribution in [2.24, 2.45) is 0 Å². The van der Waals surface area contributed by atoms with E-state index >= 15 is 0 Å². The first kappa shape index (κ1) is 24.7. The van der Waals surface area contributed by atoms with Crippen LogP contribution in [0.5, 0.6) is 0 Å². The van der Waals surface area contributed by atoms with Crippen LogP contribution in [0, 0.1) is 0 Å². The zero-order chi connectivity index (χ0) is 29.0. The average Bonchev–Trinajstić information content (AvgIpc) is 3.47. The third-order valence-electron chi connectivity index (χ3n) is 8.82. The highest BCUT2D eigenvalue weighted by molar-refractivity contribution is 6.27. The van der Waals surface area contributed by atoms with Crippen molar-refractivity contribution in [3.8, 4) is 11.1 Å². The Kier molecular flexibility index (Phi) is 5.54. The van der Waals surface area contributed by atoms with Gasteiger partial charge in [0.2, 0.25) is 0 Å². The second kappa shape index (κ2) is 9.86. The lowest BCUT2D eigenvalue weighted by molar-refractivity contribution is 0.669. The highest BCUT2D eigenvalue weighted by Crippen LogP contribution is 2.44. The lowest BCUT2D eigenvalue weighted by Crippen LogP contribution is -2.10. The van der Waals surface area contributed by atoms with Crippen LogP contribution < -0.4 is 4.90 Å². The Bertz CT molecular complexity index is 2450. The van der Waals surface area contributed by atoms with Crippen LogP contribution >= 0.6 is 0 Å². The molecule has 0 fully saturated rings. The number of fused-ring (bicyclic) bond motifs is 8. The van der Waals surface area contributed by atoms with Crippen LogP contribution in [0.3, 0.4) is 0 Å². The van der Waals surface area contributed by atoms with Gasteiger partial charge in [-0.3, -0.25) is 0 Å². The minimum absolute atomic E-state index is 0.907. The van der Waals surface area contributed by atoms with E-state index in [1.165, 1.54) is 48.8 Å². The summed E-state index contributed by atoms with van der Waals surface area (Å²) in [5, 5.41) is 9.69. The van der Waals surface area contributed by atoms with Crippen LogP contribution in [-0.2, 0) is 0 Å². The van der Waals surface area contributed by atoms with Crippen LogP contribution in [0.1, 0.15) is 0 Å². The summed E-state index contributed by atoms with van der Waals surface area (Å²) in [7, 11) is 0. The predicted octanol–water partition coefficient (Wildman–Crippen LogP) is 12.2. The zero-order valence-corrected chi connectivity index (χ0v) is 23.9. The summed E-state index contributed by atoms with van der Waals surface area (Å²) in [4.78, 5) is 2.34. The van der Waals surface area contributed by atoms with Crippen molar-refractivity contribution in [3.63, 3.8) is 0 Å². The molecule has 0 spiro atoms. The van der Waals surface area contributed by atoms with Crippen LogP contribution in [0.25, 0.3) is 65.4 Å². The monoisotopic (exact) mass is 561 g/mol. The van der Waals surface area contributed by atoms with Gasteiger partial charge in [-0.25, -0.2) is 0 Å². The summed E-state index contributed by atoms with van der Waals surface area (Å²) in [5.41, 5.74) is 7.60. The molecule has 0 atom stereocenters. The number of para-hydroxylation sites is 2. The summed E-state index contributed by atoms with van der Waals surface area (Å²) in [6.07, 6.45) is 0. The van der Waals surface area contributed by atoms with E-state index in [9.17, 15) is 0 Å². The molecule has 0 saturated heterocycles. The first-order valence-electron chi connectivity index (χ1n) is 15.0. The second-order valence-electron chi connectivity index (χ2n) is 11.3. The number of anilines is 3. The SMILES string of the molecule is c1ccc(N(c2ccccc2)c2ccc(-c3ccc4oc5ccc6ccc7ccccc7c6c5c4c3)c3ccccc23)cc1. The summed E-state index contributed by atoms with van der Waals surface area (Å²) >= 11 is 0. The fourth-order valence-corrected chi connectivity index (χ4v) is 6.84. The van der Waals surface area contributed by atoms with E-state index in [-0.39, 0.29) is 0 Å². The lowest BCUT2D eigenvalue weighted by atomic mass is 9.94. The number of hydrogen-bond acceptors (Lipinski definition) is 2. The normalized spacial score (nSPS) is 11.6. The van der Waals surface area contributed by atoms with E-state index in [4.69, 9.17) is 4.42 Å². The molecule has 0 aliphatic rings. The average molecular weight is 562 g/mol. The maximum atomic E-state index is 6.43. The van der Waals surface area contributed by atoms with Crippen LogP contribution in [0.15, 0.2) is 168 Å². The standard InChI is InChI=1S/C42H27NO/c1-3-12-31(13-4-1)43(32-14-5-2-6-15-32)38-24-23-33(35-17-9-10-18-36(35)38)30-22-25-39-37(27-30)42-40(44-39)26-21-29-20-19-28-11-7-8-16-34(28)41(29)42/h1-27H. The van der Waals surface area contributed by atoms with Crippen molar-refractivity contribution in [2.45, 2.75) is 0 Å². The molecule has 0 saturated carbocycles. The smallest absolute Gasteiger partial charge is 0.136 e. The Hall–Kier alpha value is -5.86. The van der Waals surface area contributed by atoms with Gasteiger partial charge in [0.1, 0.15) is 11.2 Å². The number of hydrogen-bond donors (Lipinski definition) is 0. The first-order chi connectivity index (χ1) is 21.8. The Morgan fingerprint density at radius 1 is 0.386 bits per heavy atom. The maximum Gasteiger partial charge on any atom is 0.136 e. The largest absolute Gasteiger partial charge is 0.456 e. The molecule has 44 heavy (non-hydrogen) atoms. The highest BCUT2D eigenvalue weighted by atomic mass is 16.3. The Morgan fingerprint density at radius 2 is 1.00 bits per heavy atom. The van der Waals surface area contributed by atoms with Gasteiger partial charge in [-0.1, -0.05) is 115 Å². The number of nitrogens with zero attached hydrogens (tertiary/aromatic N) is 1. The molecule has 0 N–H and O–H groups in total. The fraction of sp³-hybridized carbons (Fsp3) is 0. The molecule has 2 nitrogen and oxygen atoms in total. The molecule has 8 aromatic carbocycles. The van der Waals surface area contributed by atoms with Crippen molar-refractivity contribution in [3.05, 3.63) is 164 Å². The van der Waals surface area contributed by atoms with Crippen molar-refractivity contribution in [2.75, 3.05) is 4.90 Å². The topological polar surface area (TPSA) is 16.4 Å². The van der Waals surface area contributed by atoms with E-state index in [0.717, 1.165) is 33.6 Å². The Labute approximate surface area is 255 Å². The van der Waals surface area contributed by atoms with Gasteiger partial charge in [0.05, 0.1) is 5.69 Å². The van der Waals surface area contributed by atoms with Gasteiger partial charge in [-0.15, -0.1) is 0 Å². The quantitative estimate of drug-likeness (QED) is 0.199. The van der Waals surface area contributed by atoms with Crippen LogP contribution in [0.2, 0.25) is 0 Å². The van der Waals surface area contributed by atoms with Gasteiger partial charge in [-0.05, 0) is 81.2 Å². The third-order valence-corrected chi connectivity index (χ3v) is 8.82. The molecule has 206 valence electrons. The molecule has 9 rings (SSSR count). The van der Waals surface area contributed by atoms with E-state index in [2.05, 4.69) is 169 Å². The molecule has 0 amide bonds. The van der Waals surface area contributed by atoms with E-state index in [0.29, 0.717) is 0 Å². The van der Waals surface area contributed by atoms with E-state index < -0.39 is 0 Å². The fourth-order valence-electron chi connectivity index (χ4n) is 6.84. The summed E-state index contributed by atoms with van der Waals surface area (Å²) in [6, 6.07) is 58.4. The van der Waals surface area contributed by atoms with Crippen LogP contribution in [-0.4, -0.2) is 0 Å². The summed E-state index contributed by atoms with van der Waals surface area (Å²) in [5.74, 6) is 0. The first-order valence-corrected chi connectivity index (χ1v) is 15.0. The van der Waals surface area contributed by atoms with Crippen molar-refractivity contribution >= 4 is 71.3 Å². The number of rotatable bonds is 4. The van der Waals surface area contributed by atoms with Gasteiger partial charge in [0.25, 0.3) is 0 Å². The minimum Gasteiger partial charge on any atom is -0.456 e. The highest BCUT2D eigenvalue weighted by Gasteiger charge is 2.18. The molecule has 0 unspecified atom stereocenters. The van der Waals surface area contributed by atoms with Crippen LogP contribution in [0.4, 0.5) is 17.1 Å². The van der Waals surface area contributed by atoms with Gasteiger partial charge >= 0.3 is 0 Å².